The van der Waals surface area contributed by atoms with Crippen LogP contribution in [0.15, 0.2) is 72.9 Å². The lowest BCUT2D eigenvalue weighted by molar-refractivity contribution is -0.143. The molecule has 1 aliphatic rings. The van der Waals surface area contributed by atoms with Gasteiger partial charge in [-0.1, -0.05) is 60.2 Å². The second-order valence-corrected chi connectivity index (χ2v) is 8.30. The summed E-state index contributed by atoms with van der Waals surface area (Å²) in [4.78, 5) is 31.9. The van der Waals surface area contributed by atoms with Gasteiger partial charge in [-0.2, -0.15) is 0 Å². The molecule has 1 fully saturated rings. The fourth-order valence-corrected chi connectivity index (χ4v) is 4.33. The lowest BCUT2D eigenvalue weighted by atomic mass is 9.93. The van der Waals surface area contributed by atoms with E-state index in [0.29, 0.717) is 25.9 Å². The normalized spacial score (nSPS) is 16.0. The summed E-state index contributed by atoms with van der Waals surface area (Å²) < 4.78 is 0. The van der Waals surface area contributed by atoms with Crippen LogP contribution in [0.5, 0.6) is 0 Å². The van der Waals surface area contributed by atoms with Gasteiger partial charge in [0.25, 0.3) is 0 Å². The topological polar surface area (TPSA) is 62.3 Å². The summed E-state index contributed by atoms with van der Waals surface area (Å²) in [7, 11) is 0. The average Bonchev–Trinajstić information content (AvgIpc) is 2.81. The first kappa shape index (κ1) is 21.8. The van der Waals surface area contributed by atoms with Crippen LogP contribution < -0.4 is 5.32 Å². The largest absolute Gasteiger partial charge is 0.353 e. The van der Waals surface area contributed by atoms with Crippen molar-refractivity contribution >= 4 is 11.8 Å². The van der Waals surface area contributed by atoms with Gasteiger partial charge in [-0.25, -0.2) is 0 Å². The Balaban J connectivity index is 1.49. The zero-order chi connectivity index (χ0) is 22.3. The molecule has 0 bridgehead atoms. The summed E-state index contributed by atoms with van der Waals surface area (Å²) in [6, 6.07) is 21.9. The van der Waals surface area contributed by atoms with Gasteiger partial charge in [0.05, 0.1) is 0 Å². The minimum atomic E-state index is -0.489. The molecule has 0 aliphatic carbocycles. The summed E-state index contributed by atoms with van der Waals surface area (Å²) >= 11 is 0. The molecule has 1 saturated heterocycles. The first-order valence-corrected chi connectivity index (χ1v) is 11.2. The van der Waals surface area contributed by atoms with Crippen LogP contribution in [-0.2, 0) is 22.4 Å². The third-order valence-corrected chi connectivity index (χ3v) is 5.96. The van der Waals surface area contributed by atoms with Gasteiger partial charge in [0.1, 0.15) is 6.04 Å². The summed E-state index contributed by atoms with van der Waals surface area (Å²) in [6.07, 6.45) is 4.17. The molecule has 1 aliphatic heterocycles. The third kappa shape index (κ3) is 5.22. The molecule has 1 N–H and O–H groups in total. The van der Waals surface area contributed by atoms with Crippen LogP contribution in [0.3, 0.4) is 0 Å². The van der Waals surface area contributed by atoms with E-state index in [-0.39, 0.29) is 11.8 Å². The molecule has 1 aromatic heterocycles. The maximum Gasteiger partial charge on any atom is 0.243 e. The van der Waals surface area contributed by atoms with Crippen molar-refractivity contribution in [1.29, 1.82) is 0 Å². The standard InChI is InChI=1S/C27H29N3O2/c1-20-8-6-10-21(18-20)24-13-3-2-9-22(24)19-25-27(32)29-16-17-30(25)26(31)14-7-12-23-11-4-5-15-28-23/h2-6,8-11,13,15,18,25H,7,12,14,16-17,19H2,1H3,(H,29,32). The average molecular weight is 428 g/mol. The highest BCUT2D eigenvalue weighted by atomic mass is 16.2. The molecule has 5 nitrogen and oxygen atoms in total. The zero-order valence-electron chi connectivity index (χ0n) is 18.5. The van der Waals surface area contributed by atoms with Crippen molar-refractivity contribution in [2.75, 3.05) is 13.1 Å². The third-order valence-electron chi connectivity index (χ3n) is 5.96. The number of amides is 2. The minimum Gasteiger partial charge on any atom is -0.353 e. The van der Waals surface area contributed by atoms with E-state index < -0.39 is 6.04 Å². The van der Waals surface area contributed by atoms with E-state index in [4.69, 9.17) is 0 Å². The van der Waals surface area contributed by atoms with E-state index in [1.54, 1.807) is 11.1 Å². The Morgan fingerprint density at radius 2 is 1.94 bits per heavy atom. The highest BCUT2D eigenvalue weighted by molar-refractivity contribution is 5.89. The highest BCUT2D eigenvalue weighted by Gasteiger charge is 2.33. The molecule has 4 rings (SSSR count). The number of hydrogen-bond acceptors (Lipinski definition) is 3. The maximum atomic E-state index is 13.1. The molecule has 164 valence electrons. The van der Waals surface area contributed by atoms with Crippen LogP contribution in [-0.4, -0.2) is 40.8 Å². The predicted octanol–water partition coefficient (Wildman–Crippen LogP) is 3.95. The van der Waals surface area contributed by atoms with Crippen molar-refractivity contribution in [1.82, 2.24) is 15.2 Å². The van der Waals surface area contributed by atoms with E-state index in [1.165, 1.54) is 5.56 Å². The van der Waals surface area contributed by atoms with Crippen LogP contribution in [0.2, 0.25) is 0 Å². The van der Waals surface area contributed by atoms with Crippen molar-refractivity contribution < 1.29 is 9.59 Å². The van der Waals surface area contributed by atoms with E-state index >= 15 is 0 Å². The SMILES string of the molecule is Cc1cccc(-c2ccccc2CC2C(=O)NCCN2C(=O)CCCc2ccccn2)c1. The summed E-state index contributed by atoms with van der Waals surface area (Å²) in [5.74, 6) is -0.0396. The molecule has 2 heterocycles. The predicted molar refractivity (Wildman–Crippen MR) is 126 cm³/mol. The number of pyridine rings is 1. The number of aryl methyl sites for hydroxylation is 2. The first-order valence-electron chi connectivity index (χ1n) is 11.2. The van der Waals surface area contributed by atoms with Gasteiger partial charge in [0, 0.05) is 37.8 Å². The van der Waals surface area contributed by atoms with E-state index in [2.05, 4.69) is 47.6 Å². The van der Waals surface area contributed by atoms with Crippen molar-refractivity contribution in [3.8, 4) is 11.1 Å². The van der Waals surface area contributed by atoms with Gasteiger partial charge in [0.15, 0.2) is 0 Å². The van der Waals surface area contributed by atoms with Gasteiger partial charge in [-0.05, 0) is 48.6 Å². The Kier molecular flexibility index (Phi) is 6.95. The molecule has 1 atom stereocenters. The van der Waals surface area contributed by atoms with Crippen LogP contribution in [0.25, 0.3) is 11.1 Å². The molecule has 5 heteroatoms. The van der Waals surface area contributed by atoms with Crippen LogP contribution in [0, 0.1) is 6.92 Å². The highest BCUT2D eigenvalue weighted by Crippen LogP contribution is 2.27. The number of benzene rings is 2. The Hall–Kier alpha value is -3.47. The number of nitrogens with one attached hydrogen (secondary N) is 1. The number of aromatic nitrogens is 1. The number of hydrogen-bond donors (Lipinski definition) is 1. The lowest BCUT2D eigenvalue weighted by Gasteiger charge is -2.35. The number of nitrogens with zero attached hydrogens (tertiary/aromatic N) is 2. The Morgan fingerprint density at radius 3 is 2.75 bits per heavy atom. The smallest absolute Gasteiger partial charge is 0.243 e. The molecule has 3 aromatic rings. The Bertz CT molecular complexity index is 1080. The molecular weight excluding hydrogens is 398 g/mol. The summed E-state index contributed by atoms with van der Waals surface area (Å²) in [5.41, 5.74) is 5.49. The molecule has 0 radical (unpaired) electrons. The molecule has 1 unspecified atom stereocenters. The zero-order valence-corrected chi connectivity index (χ0v) is 18.5. The van der Waals surface area contributed by atoms with Crippen LogP contribution in [0.1, 0.15) is 29.7 Å². The van der Waals surface area contributed by atoms with Gasteiger partial charge < -0.3 is 10.2 Å². The van der Waals surface area contributed by atoms with Crippen molar-refractivity contribution in [2.45, 2.75) is 38.6 Å². The van der Waals surface area contributed by atoms with Crippen LogP contribution >= 0.6 is 0 Å². The van der Waals surface area contributed by atoms with Crippen LogP contribution in [0.4, 0.5) is 0 Å². The summed E-state index contributed by atoms with van der Waals surface area (Å²) in [6.45, 7) is 3.12. The number of rotatable bonds is 7. The number of carbonyl (C=O) groups excluding carboxylic acids is 2. The Labute approximate surface area is 189 Å². The second kappa shape index (κ2) is 10.2. The molecule has 2 amide bonds. The second-order valence-electron chi connectivity index (χ2n) is 8.30. The fraction of sp³-hybridized carbons (Fsp3) is 0.296. The van der Waals surface area contributed by atoms with Crippen molar-refractivity contribution in [3.63, 3.8) is 0 Å². The number of carbonyl (C=O) groups is 2. The van der Waals surface area contributed by atoms with E-state index in [0.717, 1.165) is 35.2 Å². The fourth-order valence-electron chi connectivity index (χ4n) is 4.33. The molecular formula is C27H29N3O2. The quantitative estimate of drug-likeness (QED) is 0.621. The monoisotopic (exact) mass is 427 g/mol. The Morgan fingerprint density at radius 1 is 1.09 bits per heavy atom. The first-order chi connectivity index (χ1) is 15.6. The van der Waals surface area contributed by atoms with E-state index in [9.17, 15) is 9.59 Å². The van der Waals surface area contributed by atoms with Crippen molar-refractivity contribution in [2.24, 2.45) is 0 Å². The van der Waals surface area contributed by atoms with Gasteiger partial charge in [-0.3, -0.25) is 14.6 Å². The minimum absolute atomic E-state index is 0.0359. The van der Waals surface area contributed by atoms with E-state index in [1.807, 2.05) is 36.4 Å². The van der Waals surface area contributed by atoms with Gasteiger partial charge in [0.2, 0.25) is 11.8 Å². The van der Waals surface area contributed by atoms with Crippen molar-refractivity contribution in [3.05, 3.63) is 89.7 Å². The molecule has 2 aromatic carbocycles. The summed E-state index contributed by atoms with van der Waals surface area (Å²) in [5, 5.41) is 2.94. The molecule has 0 saturated carbocycles. The van der Waals surface area contributed by atoms with Gasteiger partial charge >= 0.3 is 0 Å². The number of piperazine rings is 1. The lowest BCUT2D eigenvalue weighted by Crippen LogP contribution is -2.58. The molecule has 32 heavy (non-hydrogen) atoms. The van der Waals surface area contributed by atoms with Gasteiger partial charge in [-0.15, -0.1) is 0 Å². The maximum absolute atomic E-state index is 13.1. The molecule has 0 spiro atoms.